The monoisotopic (exact) mass is 281 g/mol. The summed E-state index contributed by atoms with van der Waals surface area (Å²) in [7, 11) is 0. The summed E-state index contributed by atoms with van der Waals surface area (Å²) in [5.41, 5.74) is -0.505. The van der Waals surface area contributed by atoms with E-state index in [2.05, 4.69) is 4.98 Å². The summed E-state index contributed by atoms with van der Waals surface area (Å²) in [6.45, 7) is 3.27. The van der Waals surface area contributed by atoms with Crippen LogP contribution in [0.15, 0.2) is 30.3 Å². The first-order valence-corrected chi connectivity index (χ1v) is 6.20. The maximum absolute atomic E-state index is 13.8. The summed E-state index contributed by atoms with van der Waals surface area (Å²) in [5.74, 6) is -2.93. The number of pyridine rings is 1. The SMILES string of the molecule is CC(O)C(C)c1ccc(F)c(-c2c(F)cccc2F)n1. The Kier molecular flexibility index (Phi) is 4.09. The molecule has 20 heavy (non-hydrogen) atoms. The minimum atomic E-state index is -0.877. The lowest BCUT2D eigenvalue weighted by Crippen LogP contribution is -2.13. The highest BCUT2D eigenvalue weighted by Gasteiger charge is 2.20. The van der Waals surface area contributed by atoms with Crippen LogP contribution in [0.2, 0.25) is 0 Å². The van der Waals surface area contributed by atoms with Gasteiger partial charge in [0.15, 0.2) is 0 Å². The highest BCUT2D eigenvalue weighted by molar-refractivity contribution is 5.61. The first-order valence-electron chi connectivity index (χ1n) is 6.20. The summed E-state index contributed by atoms with van der Waals surface area (Å²) < 4.78 is 41.2. The lowest BCUT2D eigenvalue weighted by molar-refractivity contribution is 0.167. The van der Waals surface area contributed by atoms with Gasteiger partial charge in [-0.05, 0) is 31.2 Å². The van der Waals surface area contributed by atoms with Crippen LogP contribution >= 0.6 is 0 Å². The molecule has 0 aliphatic rings. The van der Waals surface area contributed by atoms with Crippen molar-refractivity contribution in [3.8, 4) is 11.3 Å². The van der Waals surface area contributed by atoms with Gasteiger partial charge in [0.25, 0.3) is 0 Å². The third kappa shape index (κ3) is 2.67. The Bertz CT molecular complexity index is 608. The molecular weight excluding hydrogens is 267 g/mol. The minimum absolute atomic E-state index is 0.371. The summed E-state index contributed by atoms with van der Waals surface area (Å²) >= 11 is 0. The highest BCUT2D eigenvalue weighted by Crippen LogP contribution is 2.28. The number of benzene rings is 1. The molecule has 1 aromatic heterocycles. The zero-order valence-electron chi connectivity index (χ0n) is 11.1. The van der Waals surface area contributed by atoms with Crippen molar-refractivity contribution < 1.29 is 18.3 Å². The van der Waals surface area contributed by atoms with E-state index in [1.54, 1.807) is 13.8 Å². The summed E-state index contributed by atoms with van der Waals surface area (Å²) in [6, 6.07) is 5.79. The fourth-order valence-electron chi connectivity index (χ4n) is 1.86. The molecule has 0 saturated heterocycles. The smallest absolute Gasteiger partial charge is 0.149 e. The van der Waals surface area contributed by atoms with Crippen LogP contribution in [0, 0.1) is 17.5 Å². The van der Waals surface area contributed by atoms with E-state index in [0.29, 0.717) is 5.69 Å². The molecule has 0 amide bonds. The largest absolute Gasteiger partial charge is 0.393 e. The van der Waals surface area contributed by atoms with Gasteiger partial charge in [-0.15, -0.1) is 0 Å². The van der Waals surface area contributed by atoms with E-state index in [1.165, 1.54) is 12.1 Å². The maximum atomic E-state index is 13.8. The molecule has 2 unspecified atom stereocenters. The van der Waals surface area contributed by atoms with E-state index < -0.39 is 29.1 Å². The Morgan fingerprint density at radius 3 is 2.10 bits per heavy atom. The molecule has 0 bridgehead atoms. The Balaban J connectivity index is 2.60. The minimum Gasteiger partial charge on any atom is -0.393 e. The van der Waals surface area contributed by atoms with Crippen LogP contribution in [0.25, 0.3) is 11.3 Å². The molecule has 0 aliphatic heterocycles. The van der Waals surface area contributed by atoms with Crippen LogP contribution in [0.4, 0.5) is 13.2 Å². The molecule has 5 heteroatoms. The fourth-order valence-corrected chi connectivity index (χ4v) is 1.86. The molecule has 0 spiro atoms. The molecular formula is C15H14F3NO. The van der Waals surface area contributed by atoms with Crippen molar-refractivity contribution in [1.82, 2.24) is 4.98 Å². The molecule has 2 rings (SSSR count). The standard InChI is InChI=1S/C15H14F3NO/c1-8(9(2)20)13-7-6-12(18)15(19-13)14-10(16)4-3-5-11(14)17/h3-9,20H,1-2H3. The van der Waals surface area contributed by atoms with Crippen molar-refractivity contribution in [2.75, 3.05) is 0 Å². The average molecular weight is 281 g/mol. The van der Waals surface area contributed by atoms with E-state index in [0.717, 1.165) is 18.2 Å². The van der Waals surface area contributed by atoms with Gasteiger partial charge in [0.05, 0.1) is 11.7 Å². The zero-order chi connectivity index (χ0) is 14.9. The number of rotatable bonds is 3. The molecule has 106 valence electrons. The first-order chi connectivity index (χ1) is 9.41. The number of hydrogen-bond acceptors (Lipinski definition) is 2. The number of halogens is 3. The molecule has 1 N–H and O–H groups in total. The number of aliphatic hydroxyl groups excluding tert-OH is 1. The number of aromatic nitrogens is 1. The summed E-state index contributed by atoms with van der Waals surface area (Å²) in [5, 5.41) is 9.53. The Morgan fingerprint density at radius 2 is 1.55 bits per heavy atom. The van der Waals surface area contributed by atoms with E-state index in [4.69, 9.17) is 0 Å². The maximum Gasteiger partial charge on any atom is 0.149 e. The molecule has 1 aromatic carbocycles. The molecule has 1 heterocycles. The highest BCUT2D eigenvalue weighted by atomic mass is 19.1. The van der Waals surface area contributed by atoms with Crippen molar-refractivity contribution >= 4 is 0 Å². The van der Waals surface area contributed by atoms with Gasteiger partial charge in [0, 0.05) is 11.6 Å². The molecule has 0 aliphatic carbocycles. The fraction of sp³-hybridized carbons (Fsp3) is 0.267. The normalized spacial score (nSPS) is 14.1. The van der Waals surface area contributed by atoms with Crippen LogP contribution in [-0.2, 0) is 0 Å². The van der Waals surface area contributed by atoms with Gasteiger partial charge in [-0.1, -0.05) is 13.0 Å². The van der Waals surface area contributed by atoms with Crippen LogP contribution in [0.5, 0.6) is 0 Å². The predicted molar refractivity (Wildman–Crippen MR) is 69.6 cm³/mol. The Labute approximate surface area is 114 Å². The van der Waals surface area contributed by atoms with Crippen molar-refractivity contribution in [1.29, 1.82) is 0 Å². The molecule has 0 fully saturated rings. The molecule has 2 aromatic rings. The first kappa shape index (κ1) is 14.5. The molecule has 0 saturated carbocycles. The van der Waals surface area contributed by atoms with E-state index >= 15 is 0 Å². The van der Waals surface area contributed by atoms with Gasteiger partial charge < -0.3 is 5.11 Å². The van der Waals surface area contributed by atoms with Gasteiger partial charge in [-0.2, -0.15) is 0 Å². The van der Waals surface area contributed by atoms with Crippen LogP contribution in [0.3, 0.4) is 0 Å². The Morgan fingerprint density at radius 1 is 0.950 bits per heavy atom. The topological polar surface area (TPSA) is 33.1 Å². The molecule has 2 nitrogen and oxygen atoms in total. The molecule has 0 radical (unpaired) electrons. The lowest BCUT2D eigenvalue weighted by atomic mass is 10.0. The number of aliphatic hydroxyl groups is 1. The zero-order valence-corrected chi connectivity index (χ0v) is 11.1. The van der Waals surface area contributed by atoms with Crippen molar-refractivity contribution in [3.63, 3.8) is 0 Å². The Hall–Kier alpha value is -1.88. The van der Waals surface area contributed by atoms with Gasteiger partial charge >= 0.3 is 0 Å². The van der Waals surface area contributed by atoms with Crippen molar-refractivity contribution in [3.05, 3.63) is 53.5 Å². The van der Waals surface area contributed by atoms with Crippen molar-refractivity contribution in [2.24, 2.45) is 0 Å². The van der Waals surface area contributed by atoms with Gasteiger partial charge in [0.2, 0.25) is 0 Å². The third-order valence-corrected chi connectivity index (χ3v) is 3.26. The van der Waals surface area contributed by atoms with Crippen LogP contribution < -0.4 is 0 Å². The lowest BCUT2D eigenvalue weighted by Gasteiger charge is -2.15. The average Bonchev–Trinajstić information content (AvgIpc) is 2.39. The molecule has 2 atom stereocenters. The predicted octanol–water partition coefficient (Wildman–Crippen LogP) is 3.65. The second-order valence-electron chi connectivity index (χ2n) is 4.69. The third-order valence-electron chi connectivity index (χ3n) is 3.26. The van der Waals surface area contributed by atoms with E-state index in [9.17, 15) is 18.3 Å². The quantitative estimate of drug-likeness (QED) is 0.931. The second-order valence-corrected chi connectivity index (χ2v) is 4.69. The number of nitrogens with zero attached hydrogens (tertiary/aromatic N) is 1. The van der Waals surface area contributed by atoms with Crippen LogP contribution in [-0.4, -0.2) is 16.2 Å². The summed E-state index contributed by atoms with van der Waals surface area (Å²) in [4.78, 5) is 3.97. The van der Waals surface area contributed by atoms with Gasteiger partial charge in [0.1, 0.15) is 23.1 Å². The van der Waals surface area contributed by atoms with Gasteiger partial charge in [-0.3, -0.25) is 0 Å². The van der Waals surface area contributed by atoms with Crippen LogP contribution in [0.1, 0.15) is 25.5 Å². The second kappa shape index (κ2) is 5.63. The summed E-state index contributed by atoms with van der Waals surface area (Å²) in [6.07, 6.45) is -0.703. The van der Waals surface area contributed by atoms with Crippen molar-refractivity contribution in [2.45, 2.75) is 25.9 Å². The van der Waals surface area contributed by atoms with E-state index in [1.807, 2.05) is 0 Å². The van der Waals surface area contributed by atoms with E-state index in [-0.39, 0.29) is 11.6 Å². The number of hydrogen-bond donors (Lipinski definition) is 1. The van der Waals surface area contributed by atoms with Gasteiger partial charge in [-0.25, -0.2) is 18.2 Å².